The Kier molecular flexibility index (Phi) is 4.74. The van der Waals surface area contributed by atoms with Crippen LogP contribution >= 0.6 is 11.3 Å². The first-order valence-electron chi connectivity index (χ1n) is 5.72. The Labute approximate surface area is 117 Å². The lowest BCUT2D eigenvalue weighted by atomic mass is 10.3. The van der Waals surface area contributed by atoms with Gasteiger partial charge in [0, 0.05) is 18.9 Å². The third-order valence-electron chi connectivity index (χ3n) is 2.35. The Hall–Kier alpha value is -1.87. The van der Waals surface area contributed by atoms with Crippen molar-refractivity contribution < 1.29 is 18.3 Å². The van der Waals surface area contributed by atoms with E-state index in [2.05, 4.69) is 20.0 Å². The van der Waals surface area contributed by atoms with Crippen molar-refractivity contribution in [3.63, 3.8) is 0 Å². The number of carbonyl (C=O) groups is 1. The van der Waals surface area contributed by atoms with Crippen LogP contribution in [0.4, 0.5) is 14.5 Å². The Morgan fingerprint density at radius 2 is 2.20 bits per heavy atom. The predicted octanol–water partition coefficient (Wildman–Crippen LogP) is 1.28. The molecule has 3 N–H and O–H groups in total. The second-order valence-corrected chi connectivity index (χ2v) is 4.78. The maximum Gasteiger partial charge on any atom is 0.263 e. The van der Waals surface area contributed by atoms with Crippen LogP contribution in [0.5, 0.6) is 0 Å². The van der Waals surface area contributed by atoms with Crippen LogP contribution in [0.3, 0.4) is 0 Å². The number of anilines is 1. The van der Waals surface area contributed by atoms with Gasteiger partial charge in [0.05, 0.1) is 12.3 Å². The molecule has 1 amide bonds. The van der Waals surface area contributed by atoms with E-state index in [1.54, 1.807) is 0 Å². The quantitative estimate of drug-likeness (QED) is 0.785. The molecule has 6 nitrogen and oxygen atoms in total. The summed E-state index contributed by atoms with van der Waals surface area (Å²) in [4.78, 5) is 20.9. The van der Waals surface area contributed by atoms with Crippen molar-refractivity contribution in [3.05, 3.63) is 17.3 Å². The van der Waals surface area contributed by atoms with Gasteiger partial charge < -0.3 is 15.8 Å². The minimum Gasteiger partial charge on any atom is -0.396 e. The Balaban J connectivity index is 1.93. The van der Waals surface area contributed by atoms with Crippen molar-refractivity contribution in [1.29, 1.82) is 0 Å². The normalized spacial score (nSPS) is 11.2. The highest BCUT2D eigenvalue weighted by Crippen LogP contribution is 2.30. The zero-order valence-corrected chi connectivity index (χ0v) is 11.1. The molecule has 0 aliphatic heterocycles. The minimum absolute atomic E-state index is 0.0113. The summed E-state index contributed by atoms with van der Waals surface area (Å²) in [7, 11) is 0. The van der Waals surface area contributed by atoms with Crippen molar-refractivity contribution >= 4 is 33.3 Å². The molecule has 0 atom stereocenters. The van der Waals surface area contributed by atoms with Gasteiger partial charge in [0.2, 0.25) is 0 Å². The number of thiophene rings is 1. The maximum absolute atomic E-state index is 11.9. The lowest BCUT2D eigenvalue weighted by molar-refractivity contribution is 0.0188. The molecular weight excluding hydrogens is 290 g/mol. The highest BCUT2D eigenvalue weighted by Gasteiger charge is 2.17. The number of alkyl halides is 2. The van der Waals surface area contributed by atoms with Gasteiger partial charge in [-0.05, 0) is 0 Å². The summed E-state index contributed by atoms with van der Waals surface area (Å²) < 4.78 is 28.3. The van der Waals surface area contributed by atoms with E-state index in [-0.39, 0.29) is 18.8 Å². The van der Waals surface area contributed by atoms with Crippen LogP contribution in [0.1, 0.15) is 9.67 Å². The van der Waals surface area contributed by atoms with E-state index in [1.807, 2.05) is 0 Å². The SMILES string of the molecule is Nc1c(C(=O)NCCOCC(F)F)sc2nccnc12. The van der Waals surface area contributed by atoms with Gasteiger partial charge in [-0.15, -0.1) is 11.3 Å². The van der Waals surface area contributed by atoms with Crippen LogP contribution in [-0.4, -0.2) is 42.1 Å². The number of carbonyl (C=O) groups excluding carboxylic acids is 1. The van der Waals surface area contributed by atoms with Crippen molar-refractivity contribution in [2.75, 3.05) is 25.5 Å². The summed E-state index contributed by atoms with van der Waals surface area (Å²) in [6, 6.07) is 0. The lowest BCUT2D eigenvalue weighted by Crippen LogP contribution is -2.27. The number of nitrogens with two attached hydrogens (primary N) is 1. The molecule has 0 fully saturated rings. The number of amides is 1. The van der Waals surface area contributed by atoms with Gasteiger partial charge in [0.25, 0.3) is 12.3 Å². The molecule has 2 rings (SSSR count). The molecule has 20 heavy (non-hydrogen) atoms. The first-order chi connectivity index (χ1) is 9.59. The molecule has 2 heterocycles. The molecule has 0 aliphatic carbocycles. The van der Waals surface area contributed by atoms with E-state index in [4.69, 9.17) is 5.73 Å². The number of hydrogen-bond donors (Lipinski definition) is 2. The summed E-state index contributed by atoms with van der Waals surface area (Å²) >= 11 is 1.13. The molecule has 108 valence electrons. The van der Waals surface area contributed by atoms with Crippen LogP contribution in [0.25, 0.3) is 10.3 Å². The summed E-state index contributed by atoms with van der Waals surface area (Å²) in [6.07, 6.45) is 0.491. The van der Waals surface area contributed by atoms with Crippen molar-refractivity contribution in [2.45, 2.75) is 6.43 Å². The molecule has 2 aromatic rings. The number of halogens is 2. The third kappa shape index (κ3) is 3.36. The predicted molar refractivity (Wildman–Crippen MR) is 71.0 cm³/mol. The van der Waals surface area contributed by atoms with Crippen LogP contribution in [0.15, 0.2) is 12.4 Å². The topological polar surface area (TPSA) is 90.1 Å². The number of aromatic nitrogens is 2. The Morgan fingerprint density at radius 1 is 1.45 bits per heavy atom. The van der Waals surface area contributed by atoms with Crippen LogP contribution < -0.4 is 11.1 Å². The summed E-state index contributed by atoms with van der Waals surface area (Å²) in [5, 5.41) is 2.54. The van der Waals surface area contributed by atoms with E-state index in [9.17, 15) is 13.6 Å². The number of fused-ring (bicyclic) bond motifs is 1. The first kappa shape index (κ1) is 14.5. The molecule has 0 aliphatic rings. The van der Waals surface area contributed by atoms with Gasteiger partial charge in [0.15, 0.2) is 0 Å². The van der Waals surface area contributed by atoms with Gasteiger partial charge in [0.1, 0.15) is 21.8 Å². The fourth-order valence-electron chi connectivity index (χ4n) is 1.50. The molecule has 9 heteroatoms. The molecule has 0 spiro atoms. The molecule has 0 unspecified atom stereocenters. The third-order valence-corrected chi connectivity index (χ3v) is 3.45. The standard InChI is InChI=1S/C11H12F2N4O2S/c12-6(13)5-19-4-3-16-10(18)9-7(14)8-11(20-9)17-2-1-15-8/h1-2,6H,3-5,14H2,(H,16,18). The highest BCUT2D eigenvalue weighted by atomic mass is 32.1. The largest absolute Gasteiger partial charge is 0.396 e. The van der Waals surface area contributed by atoms with Crippen LogP contribution in [-0.2, 0) is 4.74 Å². The molecule has 0 saturated heterocycles. The van der Waals surface area contributed by atoms with Crippen molar-refractivity contribution in [3.8, 4) is 0 Å². The first-order valence-corrected chi connectivity index (χ1v) is 6.54. The average Bonchev–Trinajstić information content (AvgIpc) is 2.76. The summed E-state index contributed by atoms with van der Waals surface area (Å²) in [5.41, 5.74) is 6.58. The van der Waals surface area contributed by atoms with E-state index in [0.29, 0.717) is 15.2 Å². The second kappa shape index (κ2) is 6.53. The fraction of sp³-hybridized carbons (Fsp3) is 0.364. The number of nitrogen functional groups attached to an aromatic ring is 1. The molecule has 0 saturated carbocycles. The van der Waals surface area contributed by atoms with Gasteiger partial charge in [-0.2, -0.15) is 0 Å². The highest BCUT2D eigenvalue weighted by molar-refractivity contribution is 7.21. The van der Waals surface area contributed by atoms with Gasteiger partial charge in [-0.1, -0.05) is 0 Å². The number of rotatable bonds is 6. The summed E-state index contributed by atoms with van der Waals surface area (Å²) in [5.74, 6) is -0.395. The van der Waals surface area contributed by atoms with Crippen molar-refractivity contribution in [1.82, 2.24) is 15.3 Å². The van der Waals surface area contributed by atoms with Gasteiger partial charge >= 0.3 is 0 Å². The molecular formula is C11H12F2N4O2S. The molecule has 0 bridgehead atoms. The summed E-state index contributed by atoms with van der Waals surface area (Å²) in [6.45, 7) is -0.508. The van der Waals surface area contributed by atoms with Crippen LogP contribution in [0.2, 0.25) is 0 Å². The van der Waals surface area contributed by atoms with E-state index in [0.717, 1.165) is 11.3 Å². The van der Waals surface area contributed by atoms with Crippen molar-refractivity contribution in [2.24, 2.45) is 0 Å². The van der Waals surface area contributed by atoms with Gasteiger partial charge in [-0.3, -0.25) is 4.79 Å². The van der Waals surface area contributed by atoms with Crippen LogP contribution in [0, 0.1) is 0 Å². The van der Waals surface area contributed by atoms with E-state index >= 15 is 0 Å². The zero-order chi connectivity index (χ0) is 14.5. The monoisotopic (exact) mass is 302 g/mol. The minimum atomic E-state index is -2.51. The number of nitrogens with one attached hydrogen (secondary N) is 1. The fourth-order valence-corrected chi connectivity index (χ4v) is 2.44. The van der Waals surface area contributed by atoms with Gasteiger partial charge in [-0.25, -0.2) is 18.7 Å². The second-order valence-electron chi connectivity index (χ2n) is 3.78. The average molecular weight is 302 g/mol. The number of hydrogen-bond acceptors (Lipinski definition) is 6. The Morgan fingerprint density at radius 3 is 2.90 bits per heavy atom. The molecule has 0 aromatic carbocycles. The molecule has 0 radical (unpaired) electrons. The molecule has 2 aromatic heterocycles. The lowest BCUT2D eigenvalue weighted by Gasteiger charge is -2.05. The maximum atomic E-state index is 11.9. The van der Waals surface area contributed by atoms with E-state index in [1.165, 1.54) is 12.4 Å². The smallest absolute Gasteiger partial charge is 0.263 e. The number of nitrogens with zero attached hydrogens (tertiary/aromatic N) is 2. The van der Waals surface area contributed by atoms with E-state index < -0.39 is 18.9 Å². The Bertz CT molecular complexity index is 605. The zero-order valence-electron chi connectivity index (χ0n) is 10.3. The number of ether oxygens (including phenoxy) is 1.